The van der Waals surface area contributed by atoms with Gasteiger partial charge in [0.2, 0.25) is 5.91 Å². The summed E-state index contributed by atoms with van der Waals surface area (Å²) < 4.78 is 7.50. The molecule has 104 valence electrons. The van der Waals surface area contributed by atoms with Gasteiger partial charge in [0, 0.05) is 13.2 Å². The van der Waals surface area contributed by atoms with Crippen LogP contribution in [0.1, 0.15) is 12.5 Å². The normalized spacial score (nSPS) is 18.4. The maximum Gasteiger partial charge on any atom is 0.233 e. The first-order valence-electron chi connectivity index (χ1n) is 6.62. The topological polar surface area (TPSA) is 47.4 Å². The van der Waals surface area contributed by atoms with Crippen LogP contribution in [0.5, 0.6) is 5.75 Å². The highest BCUT2D eigenvalue weighted by Crippen LogP contribution is 2.33. The van der Waals surface area contributed by atoms with Crippen molar-refractivity contribution in [2.75, 3.05) is 18.6 Å². The van der Waals surface area contributed by atoms with E-state index in [-0.39, 0.29) is 11.8 Å². The number of amides is 1. The third-order valence-corrected chi connectivity index (χ3v) is 3.52. The van der Waals surface area contributed by atoms with Crippen LogP contribution in [0.3, 0.4) is 0 Å². The fourth-order valence-corrected chi connectivity index (χ4v) is 2.32. The Morgan fingerprint density at radius 2 is 2.20 bits per heavy atom. The third kappa shape index (κ3) is 2.05. The van der Waals surface area contributed by atoms with Crippen LogP contribution in [-0.2, 0) is 4.79 Å². The Labute approximate surface area is 117 Å². The SMILES string of the molecule is Cc1cnn(-c2ccc3c(c2)N(C)C(=O)C(C)CO3)c1. The molecule has 0 spiro atoms. The van der Waals surface area contributed by atoms with E-state index in [2.05, 4.69) is 5.10 Å². The van der Waals surface area contributed by atoms with Gasteiger partial charge in [-0.05, 0) is 30.7 Å². The minimum absolute atomic E-state index is 0.0672. The molecule has 1 aliphatic rings. The van der Waals surface area contributed by atoms with E-state index < -0.39 is 0 Å². The highest BCUT2D eigenvalue weighted by molar-refractivity contribution is 5.96. The number of carbonyl (C=O) groups is 1. The fraction of sp³-hybridized carbons (Fsp3) is 0.333. The summed E-state index contributed by atoms with van der Waals surface area (Å²) in [5, 5.41) is 4.29. The van der Waals surface area contributed by atoms with Crippen molar-refractivity contribution < 1.29 is 9.53 Å². The summed E-state index contributed by atoms with van der Waals surface area (Å²) in [6.45, 7) is 4.28. The second-order valence-electron chi connectivity index (χ2n) is 5.22. The average molecular weight is 271 g/mol. The number of aromatic nitrogens is 2. The smallest absolute Gasteiger partial charge is 0.233 e. The lowest BCUT2D eigenvalue weighted by atomic mass is 10.1. The summed E-state index contributed by atoms with van der Waals surface area (Å²) in [6.07, 6.45) is 3.75. The molecule has 1 unspecified atom stereocenters. The first-order valence-corrected chi connectivity index (χ1v) is 6.62. The molecule has 5 heteroatoms. The maximum atomic E-state index is 12.2. The van der Waals surface area contributed by atoms with Crippen LogP contribution in [0.4, 0.5) is 5.69 Å². The molecule has 0 saturated carbocycles. The molecule has 1 aromatic heterocycles. The molecule has 2 aromatic rings. The summed E-state index contributed by atoms with van der Waals surface area (Å²) in [5.74, 6) is 0.665. The average Bonchev–Trinajstić information content (AvgIpc) is 2.85. The van der Waals surface area contributed by atoms with E-state index in [1.807, 2.05) is 38.2 Å². The van der Waals surface area contributed by atoms with E-state index in [0.29, 0.717) is 6.61 Å². The Morgan fingerprint density at radius 1 is 1.40 bits per heavy atom. The van der Waals surface area contributed by atoms with Crippen LogP contribution in [0.25, 0.3) is 5.69 Å². The van der Waals surface area contributed by atoms with Gasteiger partial charge in [0.15, 0.2) is 0 Å². The van der Waals surface area contributed by atoms with E-state index >= 15 is 0 Å². The van der Waals surface area contributed by atoms with Crippen molar-refractivity contribution in [3.05, 3.63) is 36.2 Å². The predicted molar refractivity (Wildman–Crippen MR) is 76.4 cm³/mol. The molecule has 0 bridgehead atoms. The molecule has 1 amide bonds. The predicted octanol–water partition coefficient (Wildman–Crippen LogP) is 2.17. The highest BCUT2D eigenvalue weighted by atomic mass is 16.5. The van der Waals surface area contributed by atoms with Gasteiger partial charge in [-0.2, -0.15) is 5.10 Å². The lowest BCUT2D eigenvalue weighted by Gasteiger charge is -2.18. The van der Waals surface area contributed by atoms with Crippen molar-refractivity contribution in [2.24, 2.45) is 5.92 Å². The number of hydrogen-bond donors (Lipinski definition) is 0. The zero-order chi connectivity index (χ0) is 14.3. The number of fused-ring (bicyclic) bond motifs is 1. The van der Waals surface area contributed by atoms with Crippen LogP contribution in [0.2, 0.25) is 0 Å². The molecule has 2 heterocycles. The Kier molecular flexibility index (Phi) is 2.97. The Balaban J connectivity index is 2.06. The molecule has 1 aliphatic heterocycles. The monoisotopic (exact) mass is 271 g/mol. The van der Waals surface area contributed by atoms with Gasteiger partial charge in [0.1, 0.15) is 5.75 Å². The lowest BCUT2D eigenvalue weighted by Crippen LogP contribution is -2.31. The van der Waals surface area contributed by atoms with Gasteiger partial charge in [-0.3, -0.25) is 4.79 Å². The lowest BCUT2D eigenvalue weighted by molar-refractivity contribution is -0.122. The summed E-state index contributed by atoms with van der Waals surface area (Å²) in [7, 11) is 1.78. The summed E-state index contributed by atoms with van der Waals surface area (Å²) in [6, 6.07) is 5.76. The van der Waals surface area contributed by atoms with Gasteiger partial charge in [0.05, 0.1) is 30.1 Å². The number of hydrogen-bond acceptors (Lipinski definition) is 3. The summed E-state index contributed by atoms with van der Waals surface area (Å²) >= 11 is 0. The standard InChI is InChI=1S/C15H17N3O2/c1-10-7-16-18(8-10)12-4-5-14-13(6-12)17(3)15(19)11(2)9-20-14/h4-8,11H,9H2,1-3H3. The van der Waals surface area contributed by atoms with E-state index in [1.54, 1.807) is 22.8 Å². The molecule has 0 saturated heterocycles. The zero-order valence-corrected chi connectivity index (χ0v) is 11.8. The fourth-order valence-electron chi connectivity index (χ4n) is 2.32. The van der Waals surface area contributed by atoms with Crippen molar-refractivity contribution in [3.8, 4) is 11.4 Å². The first kappa shape index (κ1) is 12.7. The van der Waals surface area contributed by atoms with Gasteiger partial charge in [0.25, 0.3) is 0 Å². The number of aryl methyl sites for hydroxylation is 1. The van der Waals surface area contributed by atoms with Crippen LogP contribution >= 0.6 is 0 Å². The third-order valence-electron chi connectivity index (χ3n) is 3.52. The van der Waals surface area contributed by atoms with Gasteiger partial charge in [-0.15, -0.1) is 0 Å². The number of anilines is 1. The van der Waals surface area contributed by atoms with Crippen molar-refractivity contribution in [2.45, 2.75) is 13.8 Å². The maximum absolute atomic E-state index is 12.2. The number of nitrogens with zero attached hydrogens (tertiary/aromatic N) is 3. The van der Waals surface area contributed by atoms with E-state index in [9.17, 15) is 4.79 Å². The van der Waals surface area contributed by atoms with Crippen molar-refractivity contribution in [3.63, 3.8) is 0 Å². The molecule has 1 aromatic carbocycles. The van der Waals surface area contributed by atoms with Gasteiger partial charge in [-0.25, -0.2) is 4.68 Å². The molecular formula is C15H17N3O2. The minimum Gasteiger partial charge on any atom is -0.491 e. The number of benzene rings is 1. The molecule has 0 N–H and O–H groups in total. The van der Waals surface area contributed by atoms with Gasteiger partial charge in [-0.1, -0.05) is 6.92 Å². The highest BCUT2D eigenvalue weighted by Gasteiger charge is 2.26. The largest absolute Gasteiger partial charge is 0.491 e. The second kappa shape index (κ2) is 4.67. The Morgan fingerprint density at radius 3 is 2.90 bits per heavy atom. The minimum atomic E-state index is -0.136. The molecule has 3 rings (SSSR count). The molecule has 0 radical (unpaired) electrons. The quantitative estimate of drug-likeness (QED) is 0.798. The van der Waals surface area contributed by atoms with E-state index in [0.717, 1.165) is 22.7 Å². The second-order valence-corrected chi connectivity index (χ2v) is 5.22. The Hall–Kier alpha value is -2.30. The van der Waals surface area contributed by atoms with Crippen LogP contribution < -0.4 is 9.64 Å². The Bertz CT molecular complexity index is 663. The van der Waals surface area contributed by atoms with Crippen molar-refractivity contribution >= 4 is 11.6 Å². The molecule has 0 fully saturated rings. The number of rotatable bonds is 1. The molecule has 20 heavy (non-hydrogen) atoms. The van der Waals surface area contributed by atoms with Crippen LogP contribution in [0, 0.1) is 12.8 Å². The molecule has 5 nitrogen and oxygen atoms in total. The van der Waals surface area contributed by atoms with E-state index in [4.69, 9.17) is 4.74 Å². The van der Waals surface area contributed by atoms with Crippen molar-refractivity contribution in [1.82, 2.24) is 9.78 Å². The van der Waals surface area contributed by atoms with Gasteiger partial charge >= 0.3 is 0 Å². The van der Waals surface area contributed by atoms with E-state index in [1.165, 1.54) is 0 Å². The van der Waals surface area contributed by atoms with Crippen molar-refractivity contribution in [1.29, 1.82) is 0 Å². The van der Waals surface area contributed by atoms with Gasteiger partial charge < -0.3 is 9.64 Å². The zero-order valence-electron chi connectivity index (χ0n) is 11.8. The summed E-state index contributed by atoms with van der Waals surface area (Å²) in [5.41, 5.74) is 2.79. The number of carbonyl (C=O) groups excluding carboxylic acids is 1. The molecule has 0 aliphatic carbocycles. The molecule has 1 atom stereocenters. The molecular weight excluding hydrogens is 254 g/mol. The number of ether oxygens (including phenoxy) is 1. The van der Waals surface area contributed by atoms with Crippen LogP contribution in [0.15, 0.2) is 30.6 Å². The van der Waals surface area contributed by atoms with Crippen LogP contribution in [-0.4, -0.2) is 29.3 Å². The first-order chi connectivity index (χ1) is 9.56. The summed E-state index contributed by atoms with van der Waals surface area (Å²) in [4.78, 5) is 13.8.